The Morgan fingerprint density at radius 1 is 1.20 bits per heavy atom. The Morgan fingerprint density at radius 3 is 2.80 bits per heavy atom. The first-order chi connectivity index (χ1) is 7.16. The predicted molar refractivity (Wildman–Crippen MR) is 47.3 cm³/mol. The van der Waals surface area contributed by atoms with E-state index in [-0.39, 0.29) is 29.6 Å². The molecule has 3 aliphatic rings. The Kier molecular flexibility index (Phi) is 2.02. The number of aliphatic hydroxyl groups is 2. The van der Waals surface area contributed by atoms with Gasteiger partial charge in [0.1, 0.15) is 0 Å². The van der Waals surface area contributed by atoms with Crippen molar-refractivity contribution in [2.75, 3.05) is 6.61 Å². The highest BCUT2D eigenvalue weighted by Crippen LogP contribution is 2.51. The van der Waals surface area contributed by atoms with E-state index in [1.54, 1.807) is 0 Å². The molecular weight excluding hydrogens is 200 g/mol. The summed E-state index contributed by atoms with van der Waals surface area (Å²) in [5.41, 5.74) is 0. The smallest absolute Gasteiger partial charge is 0.308 e. The molecule has 0 amide bonds. The molecule has 2 aliphatic heterocycles. The number of cyclic esters (lactones) is 1. The van der Waals surface area contributed by atoms with Crippen LogP contribution in [-0.2, 0) is 14.3 Å². The number of fused-ring (bicyclic) bond motifs is 5. The molecule has 84 valence electrons. The number of esters is 1. The van der Waals surface area contributed by atoms with Crippen LogP contribution in [0.25, 0.3) is 0 Å². The largest absolute Gasteiger partial charge is 0.436 e. The second-order valence-electron chi connectivity index (χ2n) is 4.71. The van der Waals surface area contributed by atoms with Crippen molar-refractivity contribution in [2.45, 2.75) is 25.4 Å². The molecule has 0 spiro atoms. The van der Waals surface area contributed by atoms with E-state index in [4.69, 9.17) is 9.47 Å². The molecule has 2 heterocycles. The Bertz CT molecular complexity index is 292. The molecule has 5 nitrogen and oxygen atoms in total. The molecule has 15 heavy (non-hydrogen) atoms. The number of rotatable bonds is 0. The molecule has 2 N–H and O–H groups in total. The Hall–Kier alpha value is -0.650. The minimum absolute atomic E-state index is 0.0863. The van der Waals surface area contributed by atoms with Crippen LogP contribution in [0.2, 0.25) is 0 Å². The maximum Gasteiger partial charge on any atom is 0.308 e. The lowest BCUT2D eigenvalue weighted by molar-refractivity contribution is -0.211. The van der Waals surface area contributed by atoms with Crippen molar-refractivity contribution in [3.63, 3.8) is 0 Å². The molecule has 3 rings (SSSR count). The molecule has 3 fully saturated rings. The van der Waals surface area contributed by atoms with E-state index in [0.717, 1.165) is 6.42 Å². The summed E-state index contributed by atoms with van der Waals surface area (Å²) in [6.07, 6.45) is -0.714. The van der Waals surface area contributed by atoms with Crippen LogP contribution in [0.15, 0.2) is 0 Å². The first kappa shape index (κ1) is 9.57. The highest BCUT2D eigenvalue weighted by Gasteiger charge is 2.56. The number of aliphatic hydroxyl groups excluding tert-OH is 2. The van der Waals surface area contributed by atoms with Gasteiger partial charge < -0.3 is 19.7 Å². The third-order valence-electron chi connectivity index (χ3n) is 4.00. The van der Waals surface area contributed by atoms with E-state index in [9.17, 15) is 15.0 Å². The highest BCUT2D eigenvalue weighted by atomic mass is 16.6. The van der Waals surface area contributed by atoms with Gasteiger partial charge in [-0.15, -0.1) is 0 Å². The van der Waals surface area contributed by atoms with Gasteiger partial charge in [-0.1, -0.05) is 0 Å². The summed E-state index contributed by atoms with van der Waals surface area (Å²) in [6.45, 7) is 0.485. The van der Waals surface area contributed by atoms with Gasteiger partial charge in [0.05, 0.1) is 6.61 Å². The molecule has 0 aromatic carbocycles. The fraction of sp³-hybridized carbons (Fsp3) is 0.900. The summed E-state index contributed by atoms with van der Waals surface area (Å²) in [5, 5.41) is 19.3. The Balaban J connectivity index is 1.90. The molecule has 0 aromatic heterocycles. The van der Waals surface area contributed by atoms with Crippen molar-refractivity contribution in [1.29, 1.82) is 0 Å². The van der Waals surface area contributed by atoms with Crippen LogP contribution in [0.1, 0.15) is 12.8 Å². The van der Waals surface area contributed by atoms with Gasteiger partial charge in [-0.3, -0.25) is 4.79 Å². The molecule has 2 bridgehead atoms. The average molecular weight is 214 g/mol. The normalized spacial score (nSPS) is 53.6. The van der Waals surface area contributed by atoms with Crippen LogP contribution in [0.5, 0.6) is 0 Å². The van der Waals surface area contributed by atoms with E-state index in [2.05, 4.69) is 0 Å². The van der Waals surface area contributed by atoms with Crippen LogP contribution in [0, 0.1) is 23.7 Å². The van der Waals surface area contributed by atoms with E-state index < -0.39 is 12.6 Å². The summed E-state index contributed by atoms with van der Waals surface area (Å²) in [5.74, 6) is -0.179. The monoisotopic (exact) mass is 214 g/mol. The zero-order valence-corrected chi connectivity index (χ0v) is 8.20. The number of ether oxygens (including phenoxy) is 2. The van der Waals surface area contributed by atoms with Gasteiger partial charge in [-0.2, -0.15) is 0 Å². The predicted octanol–water partition coefficient (Wildman–Crippen LogP) is -0.531. The van der Waals surface area contributed by atoms with E-state index in [1.165, 1.54) is 0 Å². The van der Waals surface area contributed by atoms with Gasteiger partial charge in [-0.05, 0) is 18.3 Å². The van der Waals surface area contributed by atoms with Crippen molar-refractivity contribution in [3.05, 3.63) is 0 Å². The molecule has 1 aliphatic carbocycles. The molecular formula is C10H14O5. The van der Waals surface area contributed by atoms with Crippen LogP contribution in [-0.4, -0.2) is 35.4 Å². The molecule has 0 radical (unpaired) electrons. The lowest BCUT2D eigenvalue weighted by Crippen LogP contribution is -2.41. The van der Waals surface area contributed by atoms with Crippen molar-refractivity contribution in [2.24, 2.45) is 23.7 Å². The second kappa shape index (κ2) is 3.17. The topological polar surface area (TPSA) is 76.0 Å². The van der Waals surface area contributed by atoms with E-state index in [0.29, 0.717) is 13.0 Å². The first-order valence-electron chi connectivity index (χ1n) is 5.34. The summed E-state index contributed by atoms with van der Waals surface area (Å²) in [7, 11) is 0. The van der Waals surface area contributed by atoms with Gasteiger partial charge >= 0.3 is 5.97 Å². The van der Waals surface area contributed by atoms with Crippen LogP contribution < -0.4 is 0 Å². The second-order valence-corrected chi connectivity index (χ2v) is 4.71. The quantitative estimate of drug-likeness (QED) is 0.530. The SMILES string of the molecule is O=C1CC2C3COC(O)C(C3)C2C(O)O1. The van der Waals surface area contributed by atoms with Gasteiger partial charge in [0, 0.05) is 18.3 Å². The van der Waals surface area contributed by atoms with Crippen LogP contribution >= 0.6 is 0 Å². The minimum Gasteiger partial charge on any atom is -0.436 e. The van der Waals surface area contributed by atoms with Crippen LogP contribution in [0.4, 0.5) is 0 Å². The van der Waals surface area contributed by atoms with Gasteiger partial charge in [0.2, 0.25) is 6.29 Å². The fourth-order valence-electron chi connectivity index (χ4n) is 3.34. The lowest BCUT2D eigenvalue weighted by Gasteiger charge is -2.33. The van der Waals surface area contributed by atoms with E-state index in [1.807, 2.05) is 0 Å². The van der Waals surface area contributed by atoms with Gasteiger partial charge in [-0.25, -0.2) is 0 Å². The molecule has 6 unspecified atom stereocenters. The number of hydrogen-bond donors (Lipinski definition) is 2. The Morgan fingerprint density at radius 2 is 2.00 bits per heavy atom. The highest BCUT2D eigenvalue weighted by molar-refractivity contribution is 5.70. The molecule has 5 heteroatoms. The molecule has 2 saturated heterocycles. The molecule has 1 saturated carbocycles. The maximum atomic E-state index is 11.2. The van der Waals surface area contributed by atoms with Crippen LogP contribution in [0.3, 0.4) is 0 Å². The Labute approximate surface area is 87.0 Å². The molecule has 0 aromatic rings. The zero-order valence-electron chi connectivity index (χ0n) is 8.20. The van der Waals surface area contributed by atoms with Gasteiger partial charge in [0.15, 0.2) is 6.29 Å². The zero-order chi connectivity index (χ0) is 10.6. The van der Waals surface area contributed by atoms with Crippen molar-refractivity contribution in [3.8, 4) is 0 Å². The average Bonchev–Trinajstić information content (AvgIpc) is 2.48. The number of carbonyl (C=O) groups is 1. The minimum atomic E-state index is -1.07. The van der Waals surface area contributed by atoms with Gasteiger partial charge in [0.25, 0.3) is 0 Å². The van der Waals surface area contributed by atoms with E-state index >= 15 is 0 Å². The number of carbonyl (C=O) groups excluding carboxylic acids is 1. The summed E-state index contributed by atoms with van der Waals surface area (Å²) < 4.78 is 10.0. The van der Waals surface area contributed by atoms with Crippen molar-refractivity contribution < 1.29 is 24.5 Å². The third-order valence-corrected chi connectivity index (χ3v) is 4.00. The fourth-order valence-corrected chi connectivity index (χ4v) is 3.34. The summed E-state index contributed by atoms with van der Waals surface area (Å²) in [6, 6.07) is 0. The lowest BCUT2D eigenvalue weighted by atomic mass is 9.83. The molecule has 6 atom stereocenters. The summed E-state index contributed by atoms with van der Waals surface area (Å²) in [4.78, 5) is 11.2. The maximum absolute atomic E-state index is 11.2. The van der Waals surface area contributed by atoms with Crippen molar-refractivity contribution >= 4 is 5.97 Å². The van der Waals surface area contributed by atoms with Crippen molar-refractivity contribution in [1.82, 2.24) is 0 Å². The third kappa shape index (κ3) is 1.30. The standard InChI is InChI=1S/C10H14O5/c11-7-2-5-4-1-6(9(12)14-3-4)8(5)10(13)15-7/h4-6,8-10,12-13H,1-3H2. The summed E-state index contributed by atoms with van der Waals surface area (Å²) >= 11 is 0. The first-order valence-corrected chi connectivity index (χ1v) is 5.34. The number of hydrogen-bond acceptors (Lipinski definition) is 5.